The van der Waals surface area contributed by atoms with Gasteiger partial charge in [-0.25, -0.2) is 0 Å². The van der Waals surface area contributed by atoms with Gasteiger partial charge >= 0.3 is 0 Å². The highest BCUT2D eigenvalue weighted by molar-refractivity contribution is 5.59. The minimum absolute atomic E-state index is 0.130. The molecule has 0 aliphatic heterocycles. The van der Waals surface area contributed by atoms with Gasteiger partial charge in [0, 0.05) is 30.4 Å². The van der Waals surface area contributed by atoms with Crippen LogP contribution in [0.1, 0.15) is 44.4 Å². The Morgan fingerprint density at radius 2 is 2.00 bits per heavy atom. The molecule has 1 aromatic rings. The fourth-order valence-electron chi connectivity index (χ4n) is 2.11. The lowest BCUT2D eigenvalue weighted by Gasteiger charge is -2.31. The van der Waals surface area contributed by atoms with E-state index in [-0.39, 0.29) is 12.6 Å². The van der Waals surface area contributed by atoms with Crippen LogP contribution < -0.4 is 4.90 Å². The van der Waals surface area contributed by atoms with E-state index in [1.807, 2.05) is 0 Å². The molecule has 19 heavy (non-hydrogen) atoms. The van der Waals surface area contributed by atoms with Crippen LogP contribution in [-0.2, 0) is 0 Å². The summed E-state index contributed by atoms with van der Waals surface area (Å²) in [4.78, 5) is 2.11. The monoisotopic (exact) mass is 262 g/mol. The van der Waals surface area contributed by atoms with Gasteiger partial charge < -0.3 is 15.1 Å². The lowest BCUT2D eigenvalue weighted by molar-refractivity contribution is 0.199. The Hall–Kier alpha value is -1.57. The third-order valence-corrected chi connectivity index (χ3v) is 3.10. The van der Waals surface area contributed by atoms with Gasteiger partial charge in [-0.2, -0.15) is 5.26 Å². The summed E-state index contributed by atoms with van der Waals surface area (Å²) in [6, 6.07) is 7.68. The van der Waals surface area contributed by atoms with Gasteiger partial charge in [-0.3, -0.25) is 0 Å². The predicted octanol–water partition coefficient (Wildman–Crippen LogP) is 2.21. The highest BCUT2D eigenvalue weighted by Gasteiger charge is 2.17. The van der Waals surface area contributed by atoms with Crippen LogP contribution in [0, 0.1) is 11.3 Å². The number of nitriles is 1. The number of hydrogen-bond acceptors (Lipinski definition) is 4. The number of aliphatic hydroxyl groups excluding tert-OH is 2. The summed E-state index contributed by atoms with van der Waals surface area (Å²) in [6.45, 7) is 6.66. The van der Waals surface area contributed by atoms with Crippen molar-refractivity contribution in [1.29, 1.82) is 5.26 Å². The number of rotatable bonds is 6. The van der Waals surface area contributed by atoms with Gasteiger partial charge in [0.1, 0.15) is 0 Å². The third-order valence-electron chi connectivity index (χ3n) is 3.10. The van der Waals surface area contributed by atoms with E-state index in [9.17, 15) is 5.11 Å². The van der Waals surface area contributed by atoms with Crippen molar-refractivity contribution < 1.29 is 10.2 Å². The maximum Gasteiger partial charge on any atom is 0.0992 e. The minimum atomic E-state index is -0.585. The Morgan fingerprint density at radius 1 is 1.32 bits per heavy atom. The molecule has 0 aliphatic rings. The molecule has 1 unspecified atom stereocenters. The van der Waals surface area contributed by atoms with Gasteiger partial charge in [-0.1, -0.05) is 6.07 Å². The number of nitrogens with zero attached hydrogens (tertiary/aromatic N) is 2. The molecule has 0 bridgehead atoms. The Labute approximate surface area is 114 Å². The lowest BCUT2D eigenvalue weighted by Crippen LogP contribution is -2.33. The molecule has 2 N–H and O–H groups in total. The smallest absolute Gasteiger partial charge is 0.0992 e. The zero-order valence-electron chi connectivity index (χ0n) is 11.8. The van der Waals surface area contributed by atoms with Crippen LogP contribution >= 0.6 is 0 Å². The second-order valence-corrected chi connectivity index (χ2v) is 4.93. The Morgan fingerprint density at radius 3 is 2.47 bits per heavy atom. The molecule has 0 heterocycles. The molecule has 0 spiro atoms. The number of benzene rings is 1. The van der Waals surface area contributed by atoms with Gasteiger partial charge in [0.25, 0.3) is 0 Å². The van der Waals surface area contributed by atoms with Crippen LogP contribution in [0.25, 0.3) is 0 Å². The van der Waals surface area contributed by atoms with Crippen molar-refractivity contribution in [3.05, 3.63) is 29.3 Å². The van der Waals surface area contributed by atoms with Crippen molar-refractivity contribution in [2.45, 2.75) is 39.3 Å². The van der Waals surface area contributed by atoms with Crippen molar-refractivity contribution in [3.8, 4) is 6.07 Å². The molecular weight excluding hydrogens is 240 g/mol. The topological polar surface area (TPSA) is 67.5 Å². The molecule has 0 aliphatic carbocycles. The summed E-state index contributed by atoms with van der Waals surface area (Å²) in [5.74, 6) is 0. The Kier molecular flexibility index (Phi) is 5.81. The van der Waals surface area contributed by atoms with Crippen LogP contribution in [0.4, 0.5) is 5.69 Å². The fraction of sp³-hybridized carbons (Fsp3) is 0.533. The molecule has 0 radical (unpaired) electrons. The number of hydrogen-bond donors (Lipinski definition) is 2. The van der Waals surface area contributed by atoms with E-state index in [4.69, 9.17) is 10.4 Å². The Bertz CT molecular complexity index is 450. The fourth-order valence-corrected chi connectivity index (χ4v) is 2.11. The molecule has 1 aromatic carbocycles. The molecule has 104 valence electrons. The second kappa shape index (κ2) is 7.13. The Balaban J connectivity index is 3.21. The summed E-state index contributed by atoms with van der Waals surface area (Å²) in [5, 5.41) is 27.9. The normalized spacial score (nSPS) is 12.3. The van der Waals surface area contributed by atoms with E-state index in [0.29, 0.717) is 18.5 Å². The van der Waals surface area contributed by atoms with Gasteiger partial charge in [0.15, 0.2) is 0 Å². The van der Waals surface area contributed by atoms with Crippen molar-refractivity contribution in [2.24, 2.45) is 0 Å². The molecule has 4 heteroatoms. The minimum Gasteiger partial charge on any atom is -0.396 e. The zero-order chi connectivity index (χ0) is 14.4. The molecule has 0 saturated carbocycles. The van der Waals surface area contributed by atoms with E-state index in [2.05, 4.69) is 24.8 Å². The predicted molar refractivity (Wildman–Crippen MR) is 76.0 cm³/mol. The molecule has 0 aromatic heterocycles. The average molecular weight is 262 g/mol. The van der Waals surface area contributed by atoms with Crippen molar-refractivity contribution >= 4 is 5.69 Å². The molecule has 0 saturated heterocycles. The quantitative estimate of drug-likeness (QED) is 0.824. The average Bonchev–Trinajstić information content (AvgIpc) is 2.38. The first-order valence-corrected chi connectivity index (χ1v) is 6.60. The van der Waals surface area contributed by atoms with Gasteiger partial charge in [0.2, 0.25) is 0 Å². The van der Waals surface area contributed by atoms with E-state index >= 15 is 0 Å². The maximum absolute atomic E-state index is 9.87. The highest BCUT2D eigenvalue weighted by Crippen LogP contribution is 2.29. The molecule has 1 atom stereocenters. The summed E-state index contributed by atoms with van der Waals surface area (Å²) < 4.78 is 0. The highest BCUT2D eigenvalue weighted by atomic mass is 16.3. The standard InChI is InChI=1S/C15H22N2O2/c1-11(2)17(7-4-8-18)15-9-13(10-16)5-6-14(15)12(3)19/h5-6,9,11-12,18-19H,4,7-8H2,1-3H3. The zero-order valence-corrected chi connectivity index (χ0v) is 11.8. The van der Waals surface area contributed by atoms with E-state index in [0.717, 1.165) is 11.3 Å². The van der Waals surface area contributed by atoms with Crippen LogP contribution in [0.2, 0.25) is 0 Å². The lowest BCUT2D eigenvalue weighted by atomic mass is 10.0. The molecule has 0 fully saturated rings. The summed E-state index contributed by atoms with van der Waals surface area (Å²) in [5.41, 5.74) is 2.26. The van der Waals surface area contributed by atoms with Crippen LogP contribution in [0.5, 0.6) is 0 Å². The van der Waals surface area contributed by atoms with Crippen molar-refractivity contribution in [2.75, 3.05) is 18.1 Å². The second-order valence-electron chi connectivity index (χ2n) is 4.93. The third kappa shape index (κ3) is 3.95. The van der Waals surface area contributed by atoms with Crippen LogP contribution in [0.15, 0.2) is 18.2 Å². The summed E-state index contributed by atoms with van der Waals surface area (Å²) in [6.07, 6.45) is 0.0758. The molecule has 1 rings (SSSR count). The van der Waals surface area contributed by atoms with Crippen LogP contribution in [0.3, 0.4) is 0 Å². The molecule has 4 nitrogen and oxygen atoms in total. The summed E-state index contributed by atoms with van der Waals surface area (Å²) >= 11 is 0. The molecule has 0 amide bonds. The van der Waals surface area contributed by atoms with Gasteiger partial charge in [0.05, 0.1) is 17.7 Å². The van der Waals surface area contributed by atoms with Crippen LogP contribution in [-0.4, -0.2) is 29.4 Å². The number of anilines is 1. The number of aliphatic hydroxyl groups is 2. The van der Waals surface area contributed by atoms with Crippen molar-refractivity contribution in [1.82, 2.24) is 0 Å². The van der Waals surface area contributed by atoms with E-state index in [1.165, 1.54) is 0 Å². The first-order valence-electron chi connectivity index (χ1n) is 6.60. The van der Waals surface area contributed by atoms with Gasteiger partial charge in [-0.15, -0.1) is 0 Å². The maximum atomic E-state index is 9.87. The first kappa shape index (κ1) is 15.5. The van der Waals surface area contributed by atoms with Gasteiger partial charge in [-0.05, 0) is 39.3 Å². The SMILES string of the molecule is CC(O)c1ccc(C#N)cc1N(CCCO)C(C)C. The van der Waals surface area contributed by atoms with Crippen molar-refractivity contribution in [3.63, 3.8) is 0 Å². The first-order chi connectivity index (χ1) is 9.01. The largest absolute Gasteiger partial charge is 0.396 e. The summed E-state index contributed by atoms with van der Waals surface area (Å²) in [7, 11) is 0. The van der Waals surface area contributed by atoms with E-state index in [1.54, 1.807) is 25.1 Å². The van der Waals surface area contributed by atoms with E-state index < -0.39 is 6.10 Å². The molecular formula is C15H22N2O2.